The van der Waals surface area contributed by atoms with Crippen LogP contribution in [0.15, 0.2) is 48.7 Å². The lowest BCUT2D eigenvalue weighted by Gasteiger charge is -2.16. The molecule has 1 aliphatic rings. The van der Waals surface area contributed by atoms with Crippen LogP contribution in [0.3, 0.4) is 0 Å². The first-order valence-corrected chi connectivity index (χ1v) is 7.17. The molecule has 3 rings (SSSR count). The highest BCUT2D eigenvalue weighted by Crippen LogP contribution is 2.27. The van der Waals surface area contributed by atoms with Gasteiger partial charge in [-0.1, -0.05) is 36.4 Å². The number of nitrogens with two attached hydrogens (primary N) is 1. The average Bonchev–Trinajstić information content (AvgIpc) is 2.81. The Morgan fingerprint density at radius 1 is 1.15 bits per heavy atom. The molecule has 0 amide bonds. The molecular weight excluding hydrogens is 246 g/mol. The molecule has 20 heavy (non-hydrogen) atoms. The van der Waals surface area contributed by atoms with Gasteiger partial charge in [-0.15, -0.1) is 0 Å². The Bertz CT molecular complexity index is 550. The molecule has 1 aromatic heterocycles. The maximum Gasteiger partial charge on any atom is 0.0372 e. The molecule has 2 N–H and O–H groups in total. The Hall–Kier alpha value is -1.71. The minimum Gasteiger partial charge on any atom is -0.326 e. The maximum absolute atomic E-state index is 6.32. The van der Waals surface area contributed by atoms with E-state index in [-0.39, 0.29) is 6.04 Å². The van der Waals surface area contributed by atoms with E-state index >= 15 is 0 Å². The van der Waals surface area contributed by atoms with Crippen LogP contribution in [0.1, 0.15) is 22.7 Å². The summed E-state index contributed by atoms with van der Waals surface area (Å²) in [6.07, 6.45) is 1.98. The topological polar surface area (TPSA) is 42.1 Å². The van der Waals surface area contributed by atoms with Gasteiger partial charge in [0.25, 0.3) is 0 Å². The van der Waals surface area contributed by atoms with Crippen LogP contribution >= 0.6 is 0 Å². The Labute approximate surface area is 120 Å². The number of hydrogen-bond acceptors (Lipinski definition) is 3. The fourth-order valence-corrected chi connectivity index (χ4v) is 2.94. The highest BCUT2D eigenvalue weighted by Gasteiger charge is 2.31. The summed E-state index contributed by atoms with van der Waals surface area (Å²) in [6.45, 7) is 4.96. The molecule has 2 aromatic rings. The monoisotopic (exact) mass is 267 g/mol. The van der Waals surface area contributed by atoms with Crippen molar-refractivity contribution in [1.82, 2.24) is 9.88 Å². The molecule has 1 fully saturated rings. The van der Waals surface area contributed by atoms with E-state index in [9.17, 15) is 0 Å². The quantitative estimate of drug-likeness (QED) is 0.928. The van der Waals surface area contributed by atoms with E-state index in [2.05, 4.69) is 52.3 Å². The van der Waals surface area contributed by atoms with Crippen LogP contribution in [0.5, 0.6) is 0 Å². The van der Waals surface area contributed by atoms with Gasteiger partial charge in [-0.3, -0.25) is 9.88 Å². The van der Waals surface area contributed by atoms with E-state index < -0.39 is 0 Å². The molecule has 1 aliphatic heterocycles. The lowest BCUT2D eigenvalue weighted by atomic mass is 9.96. The standard InChI is InChI=1S/C17H21N3/c1-13-7-8-15(9-19-13)16-11-20(12-17(16)18)10-14-5-3-2-4-6-14/h2-9,16-17H,10-12,18H2,1H3. The first-order valence-electron chi connectivity index (χ1n) is 7.17. The van der Waals surface area contributed by atoms with E-state index in [4.69, 9.17) is 5.73 Å². The second-order valence-corrected chi connectivity index (χ2v) is 5.68. The van der Waals surface area contributed by atoms with Gasteiger partial charge < -0.3 is 5.73 Å². The third kappa shape index (κ3) is 2.89. The lowest BCUT2D eigenvalue weighted by molar-refractivity contribution is 0.324. The molecule has 2 atom stereocenters. The van der Waals surface area contributed by atoms with Crippen molar-refractivity contribution in [1.29, 1.82) is 0 Å². The number of nitrogens with zero attached hydrogens (tertiary/aromatic N) is 2. The summed E-state index contributed by atoms with van der Waals surface area (Å²) < 4.78 is 0. The van der Waals surface area contributed by atoms with E-state index in [0.717, 1.165) is 25.3 Å². The highest BCUT2D eigenvalue weighted by molar-refractivity contribution is 5.23. The molecule has 2 unspecified atom stereocenters. The Morgan fingerprint density at radius 3 is 2.65 bits per heavy atom. The Kier molecular flexibility index (Phi) is 3.81. The van der Waals surface area contributed by atoms with Crippen molar-refractivity contribution in [3.05, 3.63) is 65.5 Å². The average molecular weight is 267 g/mol. The molecule has 0 bridgehead atoms. The molecule has 3 nitrogen and oxygen atoms in total. The smallest absolute Gasteiger partial charge is 0.0372 e. The zero-order valence-corrected chi connectivity index (χ0v) is 11.9. The van der Waals surface area contributed by atoms with Gasteiger partial charge in [0.05, 0.1) is 0 Å². The van der Waals surface area contributed by atoms with Crippen LogP contribution in [0, 0.1) is 6.92 Å². The molecule has 0 aliphatic carbocycles. The van der Waals surface area contributed by atoms with Gasteiger partial charge >= 0.3 is 0 Å². The molecular formula is C17H21N3. The van der Waals surface area contributed by atoms with E-state index in [1.54, 1.807) is 0 Å². The predicted octanol–water partition coefficient (Wildman–Crippen LogP) is 2.32. The molecule has 0 radical (unpaired) electrons. The number of pyridine rings is 1. The van der Waals surface area contributed by atoms with E-state index in [1.165, 1.54) is 11.1 Å². The number of aromatic nitrogens is 1. The predicted molar refractivity (Wildman–Crippen MR) is 81.4 cm³/mol. The van der Waals surface area contributed by atoms with Crippen LogP contribution in [0.4, 0.5) is 0 Å². The number of rotatable bonds is 3. The summed E-state index contributed by atoms with van der Waals surface area (Å²) in [4.78, 5) is 6.83. The number of aryl methyl sites for hydroxylation is 1. The molecule has 2 heterocycles. The first-order chi connectivity index (χ1) is 9.72. The second kappa shape index (κ2) is 5.73. The summed E-state index contributed by atoms with van der Waals surface area (Å²) in [5, 5.41) is 0. The van der Waals surface area contributed by atoms with Crippen molar-refractivity contribution in [2.75, 3.05) is 13.1 Å². The zero-order valence-electron chi connectivity index (χ0n) is 11.9. The van der Waals surface area contributed by atoms with Crippen molar-refractivity contribution >= 4 is 0 Å². The van der Waals surface area contributed by atoms with Crippen LogP contribution < -0.4 is 5.73 Å². The summed E-state index contributed by atoms with van der Waals surface area (Å²) >= 11 is 0. The molecule has 0 spiro atoms. The lowest BCUT2D eigenvalue weighted by Crippen LogP contribution is -2.28. The maximum atomic E-state index is 6.32. The third-order valence-corrected chi connectivity index (χ3v) is 4.05. The Morgan fingerprint density at radius 2 is 1.95 bits per heavy atom. The van der Waals surface area contributed by atoms with Crippen molar-refractivity contribution < 1.29 is 0 Å². The SMILES string of the molecule is Cc1ccc(C2CN(Cc3ccccc3)CC2N)cn1. The normalized spacial score (nSPS) is 23.1. The largest absolute Gasteiger partial charge is 0.326 e. The zero-order chi connectivity index (χ0) is 13.9. The summed E-state index contributed by atoms with van der Waals surface area (Å²) in [5.74, 6) is 0.395. The van der Waals surface area contributed by atoms with Crippen LogP contribution in [0.2, 0.25) is 0 Å². The van der Waals surface area contributed by atoms with Crippen molar-refractivity contribution in [2.24, 2.45) is 5.73 Å². The van der Waals surface area contributed by atoms with Crippen LogP contribution in [0.25, 0.3) is 0 Å². The molecule has 0 saturated carbocycles. The second-order valence-electron chi connectivity index (χ2n) is 5.68. The fourth-order valence-electron chi connectivity index (χ4n) is 2.94. The van der Waals surface area contributed by atoms with Crippen LogP contribution in [-0.4, -0.2) is 29.0 Å². The van der Waals surface area contributed by atoms with Crippen molar-refractivity contribution in [2.45, 2.75) is 25.4 Å². The number of hydrogen-bond donors (Lipinski definition) is 1. The third-order valence-electron chi connectivity index (χ3n) is 4.05. The molecule has 3 heteroatoms. The van der Waals surface area contributed by atoms with Gasteiger partial charge in [0, 0.05) is 43.5 Å². The fraction of sp³-hybridized carbons (Fsp3) is 0.353. The molecule has 104 valence electrons. The minimum atomic E-state index is 0.197. The van der Waals surface area contributed by atoms with Gasteiger partial charge in [0.1, 0.15) is 0 Å². The van der Waals surface area contributed by atoms with Crippen molar-refractivity contribution in [3.63, 3.8) is 0 Å². The summed E-state index contributed by atoms with van der Waals surface area (Å²) in [7, 11) is 0. The molecule has 1 aromatic carbocycles. The number of benzene rings is 1. The van der Waals surface area contributed by atoms with Crippen molar-refractivity contribution in [3.8, 4) is 0 Å². The first kappa shape index (κ1) is 13.3. The van der Waals surface area contributed by atoms with Gasteiger partial charge in [-0.05, 0) is 24.1 Å². The minimum absolute atomic E-state index is 0.197. The van der Waals surface area contributed by atoms with E-state index in [0.29, 0.717) is 5.92 Å². The summed E-state index contributed by atoms with van der Waals surface area (Å²) in [6, 6.07) is 15.0. The van der Waals surface area contributed by atoms with Crippen LogP contribution in [-0.2, 0) is 6.54 Å². The van der Waals surface area contributed by atoms with E-state index in [1.807, 2.05) is 13.1 Å². The Balaban J connectivity index is 1.69. The van der Waals surface area contributed by atoms with Gasteiger partial charge in [0.15, 0.2) is 0 Å². The van der Waals surface area contributed by atoms with Gasteiger partial charge in [-0.2, -0.15) is 0 Å². The van der Waals surface area contributed by atoms with Gasteiger partial charge in [0.2, 0.25) is 0 Å². The molecule has 1 saturated heterocycles. The highest BCUT2D eigenvalue weighted by atomic mass is 15.2. The van der Waals surface area contributed by atoms with Gasteiger partial charge in [-0.25, -0.2) is 0 Å². The number of likely N-dealkylation sites (tertiary alicyclic amines) is 1. The summed E-state index contributed by atoms with van der Waals surface area (Å²) in [5.41, 5.74) is 9.99.